The first-order valence-electron chi connectivity index (χ1n) is 6.96. The lowest BCUT2D eigenvalue weighted by Gasteiger charge is -2.27. The van der Waals surface area contributed by atoms with E-state index in [0.717, 1.165) is 25.2 Å². The molecule has 0 saturated carbocycles. The van der Waals surface area contributed by atoms with E-state index in [9.17, 15) is 4.79 Å². The van der Waals surface area contributed by atoms with E-state index in [0.29, 0.717) is 5.92 Å². The Balaban J connectivity index is 2.22. The Hall–Kier alpha value is -1.71. The van der Waals surface area contributed by atoms with E-state index >= 15 is 0 Å². The molecule has 0 fully saturated rings. The third kappa shape index (κ3) is 3.63. The van der Waals surface area contributed by atoms with Crippen molar-refractivity contribution in [2.24, 2.45) is 11.7 Å². The number of benzene rings is 1. The van der Waals surface area contributed by atoms with Crippen LogP contribution in [0.1, 0.15) is 25.8 Å². The van der Waals surface area contributed by atoms with Crippen molar-refractivity contribution in [1.29, 1.82) is 0 Å². The number of primary amides is 1. The van der Waals surface area contributed by atoms with E-state index in [-0.39, 0.29) is 12.5 Å². The second-order valence-corrected chi connectivity index (χ2v) is 5.61. The van der Waals surface area contributed by atoms with Crippen molar-refractivity contribution in [3.63, 3.8) is 0 Å². The van der Waals surface area contributed by atoms with Crippen LogP contribution in [-0.2, 0) is 11.2 Å². The van der Waals surface area contributed by atoms with E-state index in [1.54, 1.807) is 0 Å². The van der Waals surface area contributed by atoms with E-state index < -0.39 is 0 Å². The van der Waals surface area contributed by atoms with Crippen LogP contribution >= 0.6 is 0 Å². The fraction of sp³-hybridized carbons (Fsp3) is 0.533. The van der Waals surface area contributed by atoms with Crippen LogP contribution in [0.2, 0.25) is 0 Å². The van der Waals surface area contributed by atoms with Crippen LogP contribution in [0, 0.1) is 5.92 Å². The maximum Gasteiger partial charge on any atom is 0.236 e. The second-order valence-electron chi connectivity index (χ2n) is 5.61. The Morgan fingerprint density at radius 3 is 2.95 bits per heavy atom. The molecule has 0 atom stereocenters. The number of rotatable bonds is 5. The zero-order valence-corrected chi connectivity index (χ0v) is 11.8. The molecule has 3 N–H and O–H groups in total. The molecule has 0 bridgehead atoms. The van der Waals surface area contributed by atoms with E-state index in [2.05, 4.69) is 42.3 Å². The SMILES string of the molecule is CC(C)CN(CC(N)=O)c1ccc2c(c1)NCCC2. The van der Waals surface area contributed by atoms with Crippen molar-refractivity contribution in [3.8, 4) is 0 Å². The van der Waals surface area contributed by atoms with Gasteiger partial charge in [-0.2, -0.15) is 0 Å². The van der Waals surface area contributed by atoms with Crippen LogP contribution in [0.3, 0.4) is 0 Å². The highest BCUT2D eigenvalue weighted by molar-refractivity contribution is 5.80. The highest BCUT2D eigenvalue weighted by Crippen LogP contribution is 2.27. The highest BCUT2D eigenvalue weighted by Gasteiger charge is 2.14. The summed E-state index contributed by atoms with van der Waals surface area (Å²) >= 11 is 0. The summed E-state index contributed by atoms with van der Waals surface area (Å²) in [5, 5.41) is 3.42. The molecule has 1 amide bonds. The lowest BCUT2D eigenvalue weighted by atomic mass is 10.0. The fourth-order valence-corrected chi connectivity index (χ4v) is 2.54. The van der Waals surface area contributed by atoms with Crippen molar-refractivity contribution in [1.82, 2.24) is 0 Å². The van der Waals surface area contributed by atoms with Crippen molar-refractivity contribution in [2.45, 2.75) is 26.7 Å². The van der Waals surface area contributed by atoms with Gasteiger partial charge in [-0.15, -0.1) is 0 Å². The number of hydrogen-bond acceptors (Lipinski definition) is 3. The monoisotopic (exact) mass is 261 g/mol. The number of hydrogen-bond donors (Lipinski definition) is 2. The standard InChI is InChI=1S/C15H23N3O/c1-11(2)9-18(10-15(16)19)13-6-5-12-4-3-7-17-14(12)8-13/h5-6,8,11,17H,3-4,7,9-10H2,1-2H3,(H2,16,19). The van der Waals surface area contributed by atoms with Gasteiger partial charge >= 0.3 is 0 Å². The smallest absolute Gasteiger partial charge is 0.236 e. The molecule has 0 radical (unpaired) electrons. The normalized spacial score (nSPS) is 13.8. The van der Waals surface area contributed by atoms with Crippen LogP contribution in [0.4, 0.5) is 11.4 Å². The number of nitrogens with one attached hydrogen (secondary N) is 1. The molecule has 1 aliphatic rings. The van der Waals surface area contributed by atoms with Gasteiger partial charge in [-0.1, -0.05) is 19.9 Å². The molecule has 1 aromatic rings. The molecule has 19 heavy (non-hydrogen) atoms. The van der Waals surface area contributed by atoms with Crippen LogP contribution in [0.15, 0.2) is 18.2 Å². The van der Waals surface area contributed by atoms with Crippen LogP contribution in [0.25, 0.3) is 0 Å². The molecule has 4 heteroatoms. The number of nitrogens with zero attached hydrogens (tertiary/aromatic N) is 1. The summed E-state index contributed by atoms with van der Waals surface area (Å²) in [6.07, 6.45) is 2.31. The molecule has 0 spiro atoms. The maximum atomic E-state index is 11.2. The van der Waals surface area contributed by atoms with Gasteiger partial charge in [-0.25, -0.2) is 0 Å². The van der Waals surface area contributed by atoms with Crippen molar-refractivity contribution in [3.05, 3.63) is 23.8 Å². The summed E-state index contributed by atoms with van der Waals surface area (Å²) in [6.45, 7) is 6.42. The molecule has 0 saturated heterocycles. The Labute approximate surface area is 115 Å². The molecule has 0 aliphatic carbocycles. The number of carbonyl (C=O) groups excluding carboxylic acids is 1. The molecule has 1 aromatic carbocycles. The lowest BCUT2D eigenvalue weighted by Crippen LogP contribution is -2.36. The minimum Gasteiger partial charge on any atom is -0.385 e. The van der Waals surface area contributed by atoms with Gasteiger partial charge in [0, 0.05) is 24.5 Å². The van der Waals surface area contributed by atoms with Gasteiger partial charge in [-0.05, 0) is 36.5 Å². The quantitative estimate of drug-likeness (QED) is 0.852. The number of aryl methyl sites for hydroxylation is 1. The Morgan fingerprint density at radius 2 is 2.26 bits per heavy atom. The van der Waals surface area contributed by atoms with Crippen LogP contribution in [0.5, 0.6) is 0 Å². The van der Waals surface area contributed by atoms with Crippen molar-refractivity contribution >= 4 is 17.3 Å². The average molecular weight is 261 g/mol. The lowest BCUT2D eigenvalue weighted by molar-refractivity contribution is -0.116. The number of anilines is 2. The molecule has 1 aliphatic heterocycles. The fourth-order valence-electron chi connectivity index (χ4n) is 2.54. The number of amides is 1. The first-order chi connectivity index (χ1) is 9.06. The molecule has 0 unspecified atom stereocenters. The van der Waals surface area contributed by atoms with Crippen molar-refractivity contribution in [2.75, 3.05) is 29.9 Å². The Bertz CT molecular complexity index is 457. The highest BCUT2D eigenvalue weighted by atomic mass is 16.1. The summed E-state index contributed by atoms with van der Waals surface area (Å²) in [4.78, 5) is 13.3. The number of carbonyl (C=O) groups is 1. The predicted molar refractivity (Wildman–Crippen MR) is 79.5 cm³/mol. The summed E-state index contributed by atoms with van der Waals surface area (Å²) < 4.78 is 0. The van der Waals surface area contributed by atoms with Gasteiger partial charge in [0.15, 0.2) is 0 Å². The van der Waals surface area contributed by atoms with Gasteiger partial charge in [0.25, 0.3) is 0 Å². The molecule has 4 nitrogen and oxygen atoms in total. The zero-order valence-electron chi connectivity index (χ0n) is 11.8. The minimum absolute atomic E-state index is 0.275. The molecular weight excluding hydrogens is 238 g/mol. The first kappa shape index (κ1) is 13.7. The van der Waals surface area contributed by atoms with E-state index in [1.807, 2.05) is 0 Å². The molecule has 104 valence electrons. The largest absolute Gasteiger partial charge is 0.385 e. The maximum absolute atomic E-state index is 11.2. The zero-order chi connectivity index (χ0) is 13.8. The molecule has 0 aromatic heterocycles. The average Bonchev–Trinajstić information content (AvgIpc) is 2.36. The van der Waals surface area contributed by atoms with Gasteiger partial charge in [0.2, 0.25) is 5.91 Å². The van der Waals surface area contributed by atoms with Gasteiger partial charge in [-0.3, -0.25) is 4.79 Å². The minimum atomic E-state index is -0.286. The molecule has 1 heterocycles. The molecule has 2 rings (SSSR count). The van der Waals surface area contributed by atoms with Crippen LogP contribution < -0.4 is 16.0 Å². The first-order valence-corrected chi connectivity index (χ1v) is 6.96. The summed E-state index contributed by atoms with van der Waals surface area (Å²) in [5.74, 6) is 0.203. The number of nitrogens with two attached hydrogens (primary N) is 1. The van der Waals surface area contributed by atoms with Gasteiger partial charge in [0.05, 0.1) is 6.54 Å². The van der Waals surface area contributed by atoms with E-state index in [1.165, 1.54) is 17.7 Å². The van der Waals surface area contributed by atoms with Crippen LogP contribution in [-0.4, -0.2) is 25.5 Å². The molecular formula is C15H23N3O. The second kappa shape index (κ2) is 5.95. The van der Waals surface area contributed by atoms with E-state index in [4.69, 9.17) is 5.73 Å². The van der Waals surface area contributed by atoms with Crippen molar-refractivity contribution < 1.29 is 4.79 Å². The Kier molecular flexibility index (Phi) is 4.30. The van der Waals surface area contributed by atoms with Gasteiger partial charge < -0.3 is 16.0 Å². The van der Waals surface area contributed by atoms with Gasteiger partial charge in [0.1, 0.15) is 0 Å². The summed E-state index contributed by atoms with van der Waals surface area (Å²) in [7, 11) is 0. The third-order valence-electron chi connectivity index (χ3n) is 3.33. The summed E-state index contributed by atoms with van der Waals surface area (Å²) in [6, 6.07) is 6.39. The summed E-state index contributed by atoms with van der Waals surface area (Å²) in [5.41, 5.74) is 8.97. The third-order valence-corrected chi connectivity index (χ3v) is 3.33. The number of fused-ring (bicyclic) bond motifs is 1. The predicted octanol–water partition coefficient (Wildman–Crippen LogP) is 1.99. The topological polar surface area (TPSA) is 58.4 Å². The Morgan fingerprint density at radius 1 is 1.47 bits per heavy atom.